The van der Waals surface area contributed by atoms with E-state index in [-0.39, 0.29) is 0 Å². The van der Waals surface area contributed by atoms with Crippen molar-refractivity contribution in [2.75, 3.05) is 25.1 Å². The summed E-state index contributed by atoms with van der Waals surface area (Å²) in [5.74, 6) is 2.06. The van der Waals surface area contributed by atoms with E-state index < -0.39 is 0 Å². The highest BCUT2D eigenvalue weighted by atomic mass is 32.2. The minimum atomic E-state index is 0.776. The van der Waals surface area contributed by atoms with E-state index in [4.69, 9.17) is 0 Å². The van der Waals surface area contributed by atoms with Crippen molar-refractivity contribution < 1.29 is 0 Å². The van der Waals surface area contributed by atoms with Gasteiger partial charge in [0.1, 0.15) is 0 Å². The number of nitrogens with one attached hydrogen (secondary N) is 1. The quantitative estimate of drug-likeness (QED) is 0.680. The van der Waals surface area contributed by atoms with Gasteiger partial charge in [-0.2, -0.15) is 11.8 Å². The third-order valence-electron chi connectivity index (χ3n) is 3.41. The third-order valence-corrected chi connectivity index (χ3v) is 4.11. The summed E-state index contributed by atoms with van der Waals surface area (Å²) < 4.78 is 0. The number of rotatable bonds is 9. The maximum Gasteiger partial charge on any atom is -0.00174 e. The van der Waals surface area contributed by atoms with Gasteiger partial charge in [0.15, 0.2) is 0 Å². The zero-order valence-corrected chi connectivity index (χ0v) is 12.9. The molecular formula is C16H27NS. The summed E-state index contributed by atoms with van der Waals surface area (Å²) in [5, 5.41) is 3.51. The fourth-order valence-corrected chi connectivity index (χ4v) is 2.75. The predicted octanol–water partition coefficient (Wildman–Crippen LogP) is 3.91. The summed E-state index contributed by atoms with van der Waals surface area (Å²) in [7, 11) is 0. The van der Waals surface area contributed by atoms with Crippen LogP contribution in [0.25, 0.3) is 0 Å². The van der Waals surface area contributed by atoms with Crippen molar-refractivity contribution in [3.8, 4) is 0 Å². The Morgan fingerprint density at radius 2 is 2.06 bits per heavy atom. The summed E-state index contributed by atoms with van der Waals surface area (Å²) in [4.78, 5) is 0. The van der Waals surface area contributed by atoms with E-state index in [9.17, 15) is 0 Å². The molecule has 0 aromatic heterocycles. The van der Waals surface area contributed by atoms with Crippen molar-refractivity contribution in [3.63, 3.8) is 0 Å². The second kappa shape index (κ2) is 9.46. The molecule has 0 saturated carbocycles. The average molecular weight is 265 g/mol. The molecule has 0 bridgehead atoms. The Morgan fingerprint density at radius 1 is 1.28 bits per heavy atom. The molecule has 0 radical (unpaired) electrons. The van der Waals surface area contributed by atoms with Crippen molar-refractivity contribution in [1.82, 2.24) is 5.32 Å². The van der Waals surface area contributed by atoms with E-state index in [0.717, 1.165) is 19.0 Å². The number of thioether (sulfide) groups is 1. The summed E-state index contributed by atoms with van der Waals surface area (Å²) in [6.45, 7) is 6.64. The molecule has 0 aliphatic heterocycles. The van der Waals surface area contributed by atoms with Crippen molar-refractivity contribution in [1.29, 1.82) is 0 Å². The summed E-state index contributed by atoms with van der Waals surface area (Å²) in [6.07, 6.45) is 6.08. The lowest BCUT2D eigenvalue weighted by Crippen LogP contribution is -2.24. The topological polar surface area (TPSA) is 12.0 Å². The molecule has 1 aromatic rings. The van der Waals surface area contributed by atoms with E-state index in [1.165, 1.54) is 36.1 Å². The highest BCUT2D eigenvalue weighted by Crippen LogP contribution is 2.17. The van der Waals surface area contributed by atoms with Crippen LogP contribution in [0, 0.1) is 12.8 Å². The second-order valence-electron chi connectivity index (χ2n) is 4.94. The Labute approximate surface area is 117 Å². The molecular weight excluding hydrogens is 238 g/mol. The Hall–Kier alpha value is -0.470. The molecule has 0 heterocycles. The lowest BCUT2D eigenvalue weighted by Gasteiger charge is -2.18. The van der Waals surface area contributed by atoms with Gasteiger partial charge in [0.05, 0.1) is 0 Å². The first-order valence-corrected chi connectivity index (χ1v) is 8.41. The van der Waals surface area contributed by atoms with Gasteiger partial charge in [-0.15, -0.1) is 0 Å². The maximum atomic E-state index is 3.51. The zero-order valence-electron chi connectivity index (χ0n) is 12.0. The molecule has 102 valence electrons. The first-order chi connectivity index (χ1) is 8.77. The summed E-state index contributed by atoms with van der Waals surface area (Å²) in [6, 6.07) is 8.80. The van der Waals surface area contributed by atoms with Gasteiger partial charge in [-0.05, 0) is 68.3 Å². The van der Waals surface area contributed by atoms with Crippen LogP contribution in [0.4, 0.5) is 0 Å². The summed E-state index contributed by atoms with van der Waals surface area (Å²) >= 11 is 1.96. The van der Waals surface area contributed by atoms with Gasteiger partial charge in [0.2, 0.25) is 0 Å². The fourth-order valence-electron chi connectivity index (χ4n) is 2.29. The van der Waals surface area contributed by atoms with Crippen LogP contribution >= 0.6 is 11.8 Å². The van der Waals surface area contributed by atoms with Gasteiger partial charge in [0, 0.05) is 0 Å². The molecule has 0 amide bonds. The fraction of sp³-hybridized carbons (Fsp3) is 0.625. The van der Waals surface area contributed by atoms with Crippen LogP contribution in [0.3, 0.4) is 0 Å². The van der Waals surface area contributed by atoms with Crippen LogP contribution in [0.5, 0.6) is 0 Å². The average Bonchev–Trinajstić information content (AvgIpc) is 2.38. The smallest absolute Gasteiger partial charge is 0.00174 e. The third kappa shape index (κ3) is 5.92. The standard InChI is InChI=1S/C16H27NS/c1-4-17-13-15(9-7-11-18-3)12-16-10-6-5-8-14(16)2/h5-6,8,10,15,17H,4,7,9,11-13H2,1-3H3. The second-order valence-corrected chi connectivity index (χ2v) is 5.92. The first-order valence-electron chi connectivity index (χ1n) is 7.02. The number of hydrogen-bond acceptors (Lipinski definition) is 2. The molecule has 18 heavy (non-hydrogen) atoms. The van der Waals surface area contributed by atoms with Crippen LogP contribution in [0.15, 0.2) is 24.3 Å². The Kier molecular flexibility index (Phi) is 8.19. The molecule has 1 aromatic carbocycles. The van der Waals surface area contributed by atoms with E-state index in [2.05, 4.69) is 49.7 Å². The zero-order chi connectivity index (χ0) is 13.2. The minimum absolute atomic E-state index is 0.776. The molecule has 0 fully saturated rings. The molecule has 1 atom stereocenters. The summed E-state index contributed by atoms with van der Waals surface area (Å²) in [5.41, 5.74) is 2.95. The lowest BCUT2D eigenvalue weighted by molar-refractivity contribution is 0.445. The highest BCUT2D eigenvalue weighted by Gasteiger charge is 2.10. The predicted molar refractivity (Wildman–Crippen MR) is 84.5 cm³/mol. The Morgan fingerprint density at radius 3 is 2.72 bits per heavy atom. The molecule has 1 N–H and O–H groups in total. The van der Waals surface area contributed by atoms with Gasteiger partial charge >= 0.3 is 0 Å². The van der Waals surface area contributed by atoms with Crippen molar-refractivity contribution in [3.05, 3.63) is 35.4 Å². The van der Waals surface area contributed by atoms with Gasteiger partial charge in [-0.3, -0.25) is 0 Å². The molecule has 1 rings (SSSR count). The normalized spacial score (nSPS) is 12.6. The molecule has 0 saturated heterocycles. The van der Waals surface area contributed by atoms with Crippen molar-refractivity contribution >= 4 is 11.8 Å². The highest BCUT2D eigenvalue weighted by molar-refractivity contribution is 7.98. The first kappa shape index (κ1) is 15.6. The SMILES string of the molecule is CCNCC(CCCSC)Cc1ccccc1C. The molecule has 0 spiro atoms. The Balaban J connectivity index is 2.51. The molecule has 2 heteroatoms. The number of aryl methyl sites for hydroxylation is 1. The van der Waals surface area contributed by atoms with Gasteiger partial charge < -0.3 is 5.32 Å². The molecule has 0 aliphatic carbocycles. The van der Waals surface area contributed by atoms with Crippen LogP contribution in [-0.4, -0.2) is 25.1 Å². The minimum Gasteiger partial charge on any atom is -0.317 e. The van der Waals surface area contributed by atoms with Crippen molar-refractivity contribution in [2.45, 2.75) is 33.1 Å². The molecule has 1 unspecified atom stereocenters. The van der Waals surface area contributed by atoms with Crippen LogP contribution in [0.2, 0.25) is 0 Å². The number of benzene rings is 1. The van der Waals surface area contributed by atoms with Crippen LogP contribution < -0.4 is 5.32 Å². The van der Waals surface area contributed by atoms with E-state index >= 15 is 0 Å². The van der Waals surface area contributed by atoms with Crippen LogP contribution in [0.1, 0.15) is 30.9 Å². The number of hydrogen-bond donors (Lipinski definition) is 1. The van der Waals surface area contributed by atoms with Crippen LogP contribution in [-0.2, 0) is 6.42 Å². The Bertz CT molecular complexity index is 325. The van der Waals surface area contributed by atoms with E-state index in [1.54, 1.807) is 0 Å². The molecule has 1 nitrogen and oxygen atoms in total. The van der Waals surface area contributed by atoms with Gasteiger partial charge in [-0.25, -0.2) is 0 Å². The van der Waals surface area contributed by atoms with Gasteiger partial charge in [-0.1, -0.05) is 31.2 Å². The monoisotopic (exact) mass is 265 g/mol. The van der Waals surface area contributed by atoms with Crippen molar-refractivity contribution in [2.24, 2.45) is 5.92 Å². The lowest BCUT2D eigenvalue weighted by atomic mass is 9.92. The van der Waals surface area contributed by atoms with E-state index in [0.29, 0.717) is 0 Å². The van der Waals surface area contributed by atoms with E-state index in [1.807, 2.05) is 11.8 Å². The largest absolute Gasteiger partial charge is 0.317 e. The maximum absolute atomic E-state index is 3.51. The molecule has 0 aliphatic rings. The van der Waals surface area contributed by atoms with Gasteiger partial charge in [0.25, 0.3) is 0 Å².